The van der Waals surface area contributed by atoms with Crippen LogP contribution < -0.4 is 0 Å². The molecule has 6 nitrogen and oxygen atoms in total. The van der Waals surface area contributed by atoms with Gasteiger partial charge >= 0.3 is 5.97 Å². The van der Waals surface area contributed by atoms with Crippen molar-refractivity contribution in [3.63, 3.8) is 0 Å². The van der Waals surface area contributed by atoms with Crippen molar-refractivity contribution in [2.24, 2.45) is 0 Å². The van der Waals surface area contributed by atoms with Crippen LogP contribution in [0.25, 0.3) is 17.5 Å². The third kappa shape index (κ3) is 3.70. The molecule has 1 aromatic carbocycles. The molecule has 0 atom stereocenters. The van der Waals surface area contributed by atoms with E-state index in [1.165, 1.54) is 18.7 Å². The van der Waals surface area contributed by atoms with Gasteiger partial charge < -0.3 is 4.74 Å². The molecule has 0 saturated carbocycles. The van der Waals surface area contributed by atoms with Crippen LogP contribution in [0.1, 0.15) is 15.3 Å². The number of nitrogens with zero attached hydrogens (tertiary/aromatic N) is 3. The molecule has 0 aliphatic heterocycles. The number of H-pyrrole nitrogens is 1. The fourth-order valence-electron chi connectivity index (χ4n) is 2.14. The monoisotopic (exact) mass is 326 g/mol. The van der Waals surface area contributed by atoms with Gasteiger partial charge in [-0.25, -0.2) is 9.89 Å². The number of nitrogens with one attached hydrogen (secondary N) is 1. The van der Waals surface area contributed by atoms with Crippen molar-refractivity contribution in [3.8, 4) is 11.4 Å². The van der Waals surface area contributed by atoms with E-state index in [1.54, 1.807) is 17.4 Å². The van der Waals surface area contributed by atoms with Gasteiger partial charge in [0, 0.05) is 27.8 Å². The maximum absolute atomic E-state index is 11.3. The zero-order valence-corrected chi connectivity index (χ0v) is 13.2. The molecular formula is C16H14N4O2S. The Balaban J connectivity index is 1.94. The van der Waals surface area contributed by atoms with Crippen molar-refractivity contribution in [1.82, 2.24) is 20.6 Å². The van der Waals surface area contributed by atoms with Crippen LogP contribution in [0.2, 0.25) is 0 Å². The van der Waals surface area contributed by atoms with E-state index in [9.17, 15) is 4.79 Å². The lowest BCUT2D eigenvalue weighted by Gasteiger charge is -2.00. The maximum atomic E-state index is 11.3. The summed E-state index contributed by atoms with van der Waals surface area (Å²) in [5.41, 5.74) is 2.14. The molecule has 3 aromatic rings. The SMILES string of the molecule is COC(=O)/C=C/c1cc(-c2nnn[nH]2)c(Cc2ccccc2)s1. The second kappa shape index (κ2) is 6.97. The van der Waals surface area contributed by atoms with Crippen LogP contribution in [0, 0.1) is 0 Å². The standard InChI is InChI=1S/C16H14N4O2S/c1-22-15(21)8-7-12-10-13(16-17-19-20-18-16)14(23-12)9-11-5-3-2-4-6-11/h2-8,10H,9H2,1H3,(H,17,18,19,20)/b8-7+. The first-order valence-electron chi connectivity index (χ1n) is 6.93. The van der Waals surface area contributed by atoms with E-state index in [2.05, 4.69) is 37.5 Å². The molecule has 0 aliphatic carbocycles. The third-order valence-electron chi connectivity index (χ3n) is 3.22. The summed E-state index contributed by atoms with van der Waals surface area (Å²) < 4.78 is 4.62. The minimum Gasteiger partial charge on any atom is -0.466 e. The Hall–Kier alpha value is -2.80. The third-order valence-corrected chi connectivity index (χ3v) is 4.32. The van der Waals surface area contributed by atoms with E-state index >= 15 is 0 Å². The number of carbonyl (C=O) groups is 1. The highest BCUT2D eigenvalue weighted by Crippen LogP contribution is 2.32. The molecule has 0 unspecified atom stereocenters. The summed E-state index contributed by atoms with van der Waals surface area (Å²) in [5.74, 6) is 0.232. The summed E-state index contributed by atoms with van der Waals surface area (Å²) in [6.07, 6.45) is 3.91. The Morgan fingerprint density at radius 1 is 1.35 bits per heavy atom. The minimum absolute atomic E-state index is 0.383. The molecule has 0 radical (unpaired) electrons. The van der Waals surface area contributed by atoms with E-state index in [-0.39, 0.29) is 5.97 Å². The first-order chi connectivity index (χ1) is 11.3. The van der Waals surface area contributed by atoms with Gasteiger partial charge in [0.2, 0.25) is 0 Å². The lowest BCUT2D eigenvalue weighted by molar-refractivity contribution is -0.134. The lowest BCUT2D eigenvalue weighted by atomic mass is 10.1. The number of hydrogen-bond donors (Lipinski definition) is 1. The molecule has 23 heavy (non-hydrogen) atoms. The topological polar surface area (TPSA) is 80.8 Å². The van der Waals surface area contributed by atoms with Crippen molar-refractivity contribution in [3.05, 3.63) is 57.8 Å². The predicted octanol–water partition coefficient (Wildman–Crippen LogP) is 2.71. The van der Waals surface area contributed by atoms with Crippen molar-refractivity contribution in [1.29, 1.82) is 0 Å². The van der Waals surface area contributed by atoms with E-state index in [4.69, 9.17) is 0 Å². The molecular weight excluding hydrogens is 312 g/mol. The highest BCUT2D eigenvalue weighted by molar-refractivity contribution is 7.13. The molecule has 7 heteroatoms. The molecule has 1 N–H and O–H groups in total. The van der Waals surface area contributed by atoms with Crippen molar-refractivity contribution in [2.45, 2.75) is 6.42 Å². The number of methoxy groups -OCH3 is 1. The maximum Gasteiger partial charge on any atom is 0.330 e. The zero-order valence-electron chi connectivity index (χ0n) is 12.4. The average Bonchev–Trinajstić information content (AvgIpc) is 3.23. The Labute approximate surface area is 136 Å². The van der Waals surface area contributed by atoms with Crippen LogP contribution in [0.15, 0.2) is 42.5 Å². The first kappa shape index (κ1) is 15.1. The van der Waals surface area contributed by atoms with E-state index in [0.717, 1.165) is 21.7 Å². The Kier molecular flexibility index (Phi) is 4.58. The average molecular weight is 326 g/mol. The molecule has 2 heterocycles. The zero-order chi connectivity index (χ0) is 16.1. The molecule has 0 saturated heterocycles. The first-order valence-corrected chi connectivity index (χ1v) is 7.74. The minimum atomic E-state index is -0.383. The number of thiophene rings is 1. The van der Waals surface area contributed by atoms with Crippen LogP contribution in [0.3, 0.4) is 0 Å². The lowest BCUT2D eigenvalue weighted by Crippen LogP contribution is -1.92. The number of ether oxygens (including phenoxy) is 1. The fourth-order valence-corrected chi connectivity index (χ4v) is 3.24. The predicted molar refractivity (Wildman–Crippen MR) is 87.8 cm³/mol. The normalized spacial score (nSPS) is 11.0. The fraction of sp³-hybridized carbons (Fsp3) is 0.125. The van der Waals surface area contributed by atoms with Crippen molar-refractivity contribution >= 4 is 23.4 Å². The van der Waals surface area contributed by atoms with E-state index in [0.29, 0.717) is 5.82 Å². The molecule has 3 rings (SSSR count). The summed E-state index contributed by atoms with van der Waals surface area (Å²) >= 11 is 1.59. The summed E-state index contributed by atoms with van der Waals surface area (Å²) in [6.45, 7) is 0. The quantitative estimate of drug-likeness (QED) is 0.576. The largest absolute Gasteiger partial charge is 0.466 e. The summed E-state index contributed by atoms with van der Waals surface area (Å²) in [5, 5.41) is 14.0. The van der Waals surface area contributed by atoms with Crippen molar-refractivity contribution in [2.75, 3.05) is 7.11 Å². The van der Waals surface area contributed by atoms with Crippen LogP contribution in [-0.2, 0) is 16.0 Å². The Morgan fingerprint density at radius 3 is 2.87 bits per heavy atom. The molecule has 0 amide bonds. The van der Waals surface area contributed by atoms with Gasteiger partial charge in [0.25, 0.3) is 0 Å². The van der Waals surface area contributed by atoms with Gasteiger partial charge in [-0.2, -0.15) is 0 Å². The Bertz CT molecular complexity index is 810. The van der Waals surface area contributed by atoms with Gasteiger partial charge in [-0.3, -0.25) is 0 Å². The second-order valence-electron chi connectivity index (χ2n) is 4.75. The number of carbonyl (C=O) groups excluding carboxylic acids is 1. The summed E-state index contributed by atoms with van der Waals surface area (Å²) in [6, 6.07) is 12.1. The van der Waals surface area contributed by atoms with Crippen LogP contribution in [-0.4, -0.2) is 33.7 Å². The highest BCUT2D eigenvalue weighted by atomic mass is 32.1. The van der Waals surface area contributed by atoms with Gasteiger partial charge in [0.15, 0.2) is 5.82 Å². The second-order valence-corrected chi connectivity index (χ2v) is 5.92. The molecule has 116 valence electrons. The van der Waals surface area contributed by atoms with Gasteiger partial charge in [0.05, 0.1) is 7.11 Å². The molecule has 2 aromatic heterocycles. The summed E-state index contributed by atoms with van der Waals surface area (Å²) in [7, 11) is 1.35. The van der Waals surface area contributed by atoms with E-state index in [1.807, 2.05) is 24.3 Å². The molecule has 0 aliphatic rings. The number of aromatic nitrogens is 4. The van der Waals surface area contributed by atoms with Crippen LogP contribution in [0.4, 0.5) is 0 Å². The van der Waals surface area contributed by atoms with Gasteiger partial charge in [0.1, 0.15) is 0 Å². The number of rotatable bonds is 5. The summed E-state index contributed by atoms with van der Waals surface area (Å²) in [4.78, 5) is 13.3. The van der Waals surface area contributed by atoms with Crippen molar-refractivity contribution < 1.29 is 9.53 Å². The van der Waals surface area contributed by atoms with E-state index < -0.39 is 0 Å². The van der Waals surface area contributed by atoms with Gasteiger partial charge in [-0.05, 0) is 28.1 Å². The van der Waals surface area contributed by atoms with Crippen LogP contribution >= 0.6 is 11.3 Å². The number of tetrazole rings is 1. The number of hydrogen-bond acceptors (Lipinski definition) is 6. The smallest absolute Gasteiger partial charge is 0.330 e. The molecule has 0 bridgehead atoms. The molecule has 0 spiro atoms. The number of benzene rings is 1. The van der Waals surface area contributed by atoms with Crippen LogP contribution in [0.5, 0.6) is 0 Å². The number of aromatic amines is 1. The molecule has 0 fully saturated rings. The Morgan fingerprint density at radius 2 is 2.17 bits per heavy atom. The van der Waals surface area contributed by atoms with Gasteiger partial charge in [-0.15, -0.1) is 16.4 Å². The highest BCUT2D eigenvalue weighted by Gasteiger charge is 2.13. The van der Waals surface area contributed by atoms with Gasteiger partial charge in [-0.1, -0.05) is 30.3 Å². The number of esters is 1.